The number of nitrogens with one attached hydrogen (secondary N) is 1. The van der Waals surface area contributed by atoms with Crippen LogP contribution >= 0.6 is 11.6 Å². The molecule has 0 spiro atoms. The van der Waals surface area contributed by atoms with Crippen LogP contribution in [0.3, 0.4) is 0 Å². The van der Waals surface area contributed by atoms with E-state index in [9.17, 15) is 13.2 Å². The van der Waals surface area contributed by atoms with Crippen LogP contribution in [0.15, 0.2) is 53.1 Å². The number of hydrogen-bond donors (Lipinski definition) is 1. The first-order chi connectivity index (χ1) is 14.2. The quantitative estimate of drug-likeness (QED) is 0.568. The predicted molar refractivity (Wildman–Crippen MR) is 113 cm³/mol. The van der Waals surface area contributed by atoms with Gasteiger partial charge < -0.3 is 9.84 Å². The number of aryl methyl sites for hydroxylation is 1. The number of halogens is 1. The Morgan fingerprint density at radius 1 is 1.17 bits per heavy atom. The third kappa shape index (κ3) is 5.88. The highest BCUT2D eigenvalue weighted by atomic mass is 35.5. The van der Waals surface area contributed by atoms with Crippen LogP contribution in [0, 0.1) is 6.92 Å². The van der Waals surface area contributed by atoms with Crippen LogP contribution in [0.2, 0.25) is 5.02 Å². The van der Waals surface area contributed by atoms with Crippen LogP contribution in [0.1, 0.15) is 17.0 Å². The van der Waals surface area contributed by atoms with Gasteiger partial charge in [-0.2, -0.15) is 9.29 Å². The van der Waals surface area contributed by atoms with Gasteiger partial charge in [0.1, 0.15) is 0 Å². The SMILES string of the molecule is Cc1ccc(-c2noc(CNC(=O)CN(Cc3ccccc3Cl)S(C)(=O)=O)n2)cc1. The number of carbonyl (C=O) groups excluding carboxylic acids is 1. The van der Waals surface area contributed by atoms with Gasteiger partial charge in [-0.15, -0.1) is 0 Å². The zero-order valence-corrected chi connectivity index (χ0v) is 18.1. The summed E-state index contributed by atoms with van der Waals surface area (Å²) in [6, 6.07) is 14.5. The summed E-state index contributed by atoms with van der Waals surface area (Å²) >= 11 is 6.11. The molecule has 10 heteroatoms. The van der Waals surface area contributed by atoms with E-state index < -0.39 is 15.9 Å². The van der Waals surface area contributed by atoms with Crippen molar-refractivity contribution in [2.75, 3.05) is 12.8 Å². The summed E-state index contributed by atoms with van der Waals surface area (Å²) in [5.41, 5.74) is 2.52. The van der Waals surface area contributed by atoms with Crippen LogP contribution in [-0.4, -0.2) is 41.6 Å². The van der Waals surface area contributed by atoms with Gasteiger partial charge >= 0.3 is 0 Å². The number of hydrogen-bond acceptors (Lipinski definition) is 6. The van der Waals surface area contributed by atoms with Gasteiger partial charge in [-0.1, -0.05) is 64.8 Å². The fourth-order valence-electron chi connectivity index (χ4n) is 2.64. The molecular formula is C20H21ClN4O4S. The van der Waals surface area contributed by atoms with E-state index in [0.717, 1.165) is 21.7 Å². The lowest BCUT2D eigenvalue weighted by molar-refractivity contribution is -0.121. The number of rotatable bonds is 8. The number of amides is 1. The van der Waals surface area contributed by atoms with Gasteiger partial charge in [0.2, 0.25) is 27.6 Å². The normalized spacial score (nSPS) is 11.6. The molecule has 0 aliphatic carbocycles. The molecule has 3 rings (SSSR count). The number of nitrogens with zero attached hydrogens (tertiary/aromatic N) is 3. The number of sulfonamides is 1. The first kappa shape index (κ1) is 21.9. The fourth-order valence-corrected chi connectivity index (χ4v) is 3.56. The van der Waals surface area contributed by atoms with E-state index in [1.807, 2.05) is 31.2 Å². The van der Waals surface area contributed by atoms with Crippen LogP contribution in [-0.2, 0) is 27.9 Å². The Labute approximate surface area is 179 Å². The Bertz CT molecular complexity index is 1130. The highest BCUT2D eigenvalue weighted by Gasteiger charge is 2.22. The second kappa shape index (κ2) is 9.38. The van der Waals surface area contributed by atoms with E-state index in [0.29, 0.717) is 16.4 Å². The Morgan fingerprint density at radius 3 is 2.53 bits per heavy atom. The minimum absolute atomic E-state index is 0.00986. The molecule has 0 fully saturated rings. The molecule has 0 radical (unpaired) electrons. The summed E-state index contributed by atoms with van der Waals surface area (Å²) in [5, 5.41) is 6.93. The third-order valence-electron chi connectivity index (χ3n) is 4.31. The van der Waals surface area contributed by atoms with Crippen molar-refractivity contribution in [3.05, 3.63) is 70.6 Å². The molecule has 3 aromatic rings. The maximum absolute atomic E-state index is 12.3. The van der Waals surface area contributed by atoms with E-state index in [1.165, 1.54) is 0 Å². The lowest BCUT2D eigenvalue weighted by atomic mass is 10.1. The summed E-state index contributed by atoms with van der Waals surface area (Å²) in [6.45, 7) is 1.60. The zero-order valence-electron chi connectivity index (χ0n) is 16.5. The molecule has 1 aromatic heterocycles. The average molecular weight is 449 g/mol. The molecule has 1 heterocycles. The van der Waals surface area contributed by atoms with Gasteiger partial charge in [-0.05, 0) is 18.6 Å². The predicted octanol–water partition coefficient (Wildman–Crippen LogP) is 2.78. The van der Waals surface area contributed by atoms with Crippen LogP contribution in [0.5, 0.6) is 0 Å². The van der Waals surface area contributed by atoms with Crippen molar-refractivity contribution in [2.24, 2.45) is 0 Å². The summed E-state index contributed by atoms with van der Waals surface area (Å²) in [4.78, 5) is 16.6. The van der Waals surface area contributed by atoms with Crippen molar-refractivity contribution in [1.29, 1.82) is 0 Å². The number of aromatic nitrogens is 2. The maximum atomic E-state index is 12.3. The maximum Gasteiger partial charge on any atom is 0.246 e. The molecule has 0 atom stereocenters. The van der Waals surface area contributed by atoms with E-state index >= 15 is 0 Å². The second-order valence-corrected chi connectivity index (χ2v) is 9.17. The van der Waals surface area contributed by atoms with Crippen molar-refractivity contribution in [3.63, 3.8) is 0 Å². The molecule has 0 saturated carbocycles. The molecule has 0 saturated heterocycles. The summed E-state index contributed by atoms with van der Waals surface area (Å²) in [6.07, 6.45) is 1.04. The Kier molecular flexibility index (Phi) is 6.86. The molecular weight excluding hydrogens is 428 g/mol. The smallest absolute Gasteiger partial charge is 0.246 e. The van der Waals surface area contributed by atoms with E-state index in [1.54, 1.807) is 24.3 Å². The lowest BCUT2D eigenvalue weighted by Crippen LogP contribution is -2.39. The van der Waals surface area contributed by atoms with Crippen LogP contribution in [0.25, 0.3) is 11.4 Å². The first-order valence-corrected chi connectivity index (χ1v) is 11.3. The molecule has 30 heavy (non-hydrogen) atoms. The highest BCUT2D eigenvalue weighted by molar-refractivity contribution is 7.88. The molecule has 0 aliphatic rings. The molecule has 1 N–H and O–H groups in total. The van der Waals surface area contributed by atoms with Crippen molar-refractivity contribution < 1.29 is 17.7 Å². The summed E-state index contributed by atoms with van der Waals surface area (Å²) in [7, 11) is -3.63. The topological polar surface area (TPSA) is 105 Å². The van der Waals surface area contributed by atoms with E-state index in [2.05, 4.69) is 15.5 Å². The molecule has 0 bridgehead atoms. The molecule has 1 amide bonds. The van der Waals surface area contributed by atoms with Gasteiger partial charge in [0.25, 0.3) is 0 Å². The first-order valence-electron chi connectivity index (χ1n) is 9.07. The molecule has 2 aromatic carbocycles. The minimum Gasteiger partial charge on any atom is -0.346 e. The van der Waals surface area contributed by atoms with Crippen molar-refractivity contribution in [3.8, 4) is 11.4 Å². The second-order valence-electron chi connectivity index (χ2n) is 6.78. The number of carbonyl (C=O) groups is 1. The Hall–Kier alpha value is -2.75. The molecule has 158 valence electrons. The van der Waals surface area contributed by atoms with Gasteiger partial charge in [-0.3, -0.25) is 4.79 Å². The van der Waals surface area contributed by atoms with E-state index in [-0.39, 0.29) is 25.5 Å². The average Bonchev–Trinajstić information content (AvgIpc) is 3.16. The number of benzene rings is 2. The fraction of sp³-hybridized carbons (Fsp3) is 0.250. The largest absolute Gasteiger partial charge is 0.346 e. The summed E-state index contributed by atoms with van der Waals surface area (Å²) < 4.78 is 30.4. The van der Waals surface area contributed by atoms with Gasteiger partial charge in [-0.25, -0.2) is 8.42 Å². The van der Waals surface area contributed by atoms with E-state index in [4.69, 9.17) is 16.1 Å². The third-order valence-corrected chi connectivity index (χ3v) is 5.87. The van der Waals surface area contributed by atoms with Crippen molar-refractivity contribution >= 4 is 27.5 Å². The summed E-state index contributed by atoms with van der Waals surface area (Å²) in [5.74, 6) is 0.134. The Balaban J connectivity index is 1.61. The van der Waals surface area contributed by atoms with Crippen LogP contribution in [0.4, 0.5) is 0 Å². The Morgan fingerprint density at radius 2 is 1.87 bits per heavy atom. The highest BCUT2D eigenvalue weighted by Crippen LogP contribution is 2.18. The standard InChI is InChI=1S/C20H21ClN4O4S/c1-14-7-9-15(10-8-14)20-23-19(29-24-20)11-22-18(26)13-25(30(2,27)28)12-16-5-3-4-6-17(16)21/h3-10H,11-13H2,1-2H3,(H,22,26). The van der Waals surface area contributed by atoms with Gasteiger partial charge in [0.05, 0.1) is 19.3 Å². The van der Waals surface area contributed by atoms with Crippen molar-refractivity contribution in [2.45, 2.75) is 20.0 Å². The molecule has 0 unspecified atom stereocenters. The lowest BCUT2D eigenvalue weighted by Gasteiger charge is -2.20. The van der Waals surface area contributed by atoms with Crippen molar-refractivity contribution in [1.82, 2.24) is 19.8 Å². The zero-order chi connectivity index (χ0) is 21.7. The minimum atomic E-state index is -3.63. The monoisotopic (exact) mass is 448 g/mol. The van der Waals surface area contributed by atoms with Gasteiger partial charge in [0, 0.05) is 17.1 Å². The van der Waals surface area contributed by atoms with Gasteiger partial charge in [0.15, 0.2) is 0 Å². The molecule has 0 aliphatic heterocycles. The molecule has 8 nitrogen and oxygen atoms in total. The van der Waals surface area contributed by atoms with Crippen LogP contribution < -0.4 is 5.32 Å².